The summed E-state index contributed by atoms with van der Waals surface area (Å²) in [6, 6.07) is 4.14. The number of halogens is 2. The molecule has 1 saturated heterocycles. The Labute approximate surface area is 129 Å². The van der Waals surface area contributed by atoms with Crippen molar-refractivity contribution in [2.45, 2.75) is 25.3 Å². The van der Waals surface area contributed by atoms with Crippen LogP contribution in [0.5, 0.6) is 0 Å². The van der Waals surface area contributed by atoms with E-state index in [2.05, 4.69) is 15.6 Å². The summed E-state index contributed by atoms with van der Waals surface area (Å²) in [5, 5.41) is 6.65. The lowest BCUT2D eigenvalue weighted by Crippen LogP contribution is -2.45. The quantitative estimate of drug-likeness (QED) is 0.661. The van der Waals surface area contributed by atoms with Gasteiger partial charge in [-0.3, -0.25) is 4.99 Å². The van der Waals surface area contributed by atoms with Crippen LogP contribution in [-0.2, 0) is 0 Å². The third-order valence-corrected chi connectivity index (χ3v) is 4.26. The molecule has 0 radical (unpaired) electrons. The molecule has 0 aromatic heterocycles. The van der Waals surface area contributed by atoms with E-state index in [1.807, 2.05) is 0 Å². The first-order valence-electron chi connectivity index (χ1n) is 7.83. The average molecular weight is 308 g/mol. The number of para-hydroxylation sites is 1. The highest BCUT2D eigenvalue weighted by molar-refractivity contribution is 5.80. The van der Waals surface area contributed by atoms with Gasteiger partial charge in [-0.25, -0.2) is 8.78 Å². The molecule has 120 valence electrons. The highest BCUT2D eigenvalue weighted by Crippen LogP contribution is 2.28. The monoisotopic (exact) mass is 308 g/mol. The lowest BCUT2D eigenvalue weighted by molar-refractivity contribution is 0.575. The number of anilines is 1. The number of rotatable bonds is 4. The lowest BCUT2D eigenvalue weighted by atomic mass is 10.2. The Kier molecular flexibility index (Phi) is 4.45. The van der Waals surface area contributed by atoms with Gasteiger partial charge in [0.1, 0.15) is 17.3 Å². The number of hydrogen-bond donors (Lipinski definition) is 2. The Bertz CT molecular complexity index is 537. The van der Waals surface area contributed by atoms with Crippen molar-refractivity contribution in [1.29, 1.82) is 0 Å². The molecule has 1 aliphatic carbocycles. The summed E-state index contributed by atoms with van der Waals surface area (Å²) in [6.45, 7) is 2.15. The highest BCUT2D eigenvalue weighted by Gasteiger charge is 2.27. The van der Waals surface area contributed by atoms with Crippen LogP contribution in [-0.4, -0.2) is 38.7 Å². The minimum absolute atomic E-state index is 0.0766. The van der Waals surface area contributed by atoms with Crippen molar-refractivity contribution < 1.29 is 8.78 Å². The summed E-state index contributed by atoms with van der Waals surface area (Å²) in [6.07, 6.45) is 3.40. The topological polar surface area (TPSA) is 39.7 Å². The van der Waals surface area contributed by atoms with Gasteiger partial charge in [-0.05, 0) is 37.3 Å². The predicted molar refractivity (Wildman–Crippen MR) is 84.2 cm³/mol. The van der Waals surface area contributed by atoms with E-state index < -0.39 is 11.6 Å². The van der Waals surface area contributed by atoms with Gasteiger partial charge in [-0.1, -0.05) is 6.07 Å². The second-order valence-electron chi connectivity index (χ2n) is 6.04. The van der Waals surface area contributed by atoms with Crippen LogP contribution in [0.1, 0.15) is 19.3 Å². The third-order valence-electron chi connectivity index (χ3n) is 4.26. The van der Waals surface area contributed by atoms with Crippen molar-refractivity contribution in [2.75, 3.05) is 31.6 Å². The summed E-state index contributed by atoms with van der Waals surface area (Å²) in [5.41, 5.74) is 0.0766. The molecule has 0 spiro atoms. The predicted octanol–water partition coefficient (Wildman–Crippen LogP) is 2.12. The van der Waals surface area contributed by atoms with Crippen LogP contribution in [0.3, 0.4) is 0 Å². The van der Waals surface area contributed by atoms with Gasteiger partial charge in [0.2, 0.25) is 0 Å². The average Bonchev–Trinajstić information content (AvgIpc) is 3.22. The zero-order chi connectivity index (χ0) is 15.5. The summed E-state index contributed by atoms with van der Waals surface area (Å²) in [4.78, 5) is 5.97. The summed E-state index contributed by atoms with van der Waals surface area (Å²) < 4.78 is 27.7. The summed E-state index contributed by atoms with van der Waals surface area (Å²) in [5.74, 6) is 0.535. The molecule has 1 aliphatic heterocycles. The first-order chi connectivity index (χ1) is 10.7. The second-order valence-corrected chi connectivity index (χ2v) is 6.04. The van der Waals surface area contributed by atoms with E-state index in [4.69, 9.17) is 0 Å². The second kappa shape index (κ2) is 6.50. The molecule has 0 amide bonds. The molecule has 1 aromatic rings. The minimum atomic E-state index is -0.503. The molecule has 1 saturated carbocycles. The molecule has 0 bridgehead atoms. The number of aliphatic imine (C=N–C) groups is 1. The lowest BCUT2D eigenvalue weighted by Gasteiger charge is -2.21. The van der Waals surface area contributed by atoms with Crippen molar-refractivity contribution in [2.24, 2.45) is 10.9 Å². The fourth-order valence-corrected chi connectivity index (χ4v) is 2.82. The first-order valence-corrected chi connectivity index (χ1v) is 7.83. The van der Waals surface area contributed by atoms with Gasteiger partial charge in [0, 0.05) is 32.7 Å². The van der Waals surface area contributed by atoms with E-state index in [0.717, 1.165) is 24.8 Å². The Morgan fingerprint density at radius 1 is 1.27 bits per heavy atom. The zero-order valence-corrected chi connectivity index (χ0v) is 12.8. The highest BCUT2D eigenvalue weighted by atomic mass is 19.1. The van der Waals surface area contributed by atoms with Crippen LogP contribution >= 0.6 is 0 Å². The number of hydrogen-bond acceptors (Lipinski definition) is 2. The molecule has 22 heavy (non-hydrogen) atoms. The molecule has 2 N–H and O–H groups in total. The Balaban J connectivity index is 1.57. The van der Waals surface area contributed by atoms with Crippen LogP contribution in [0.4, 0.5) is 14.5 Å². The van der Waals surface area contributed by atoms with Gasteiger partial charge in [0.15, 0.2) is 5.96 Å². The minimum Gasteiger partial charge on any atom is -0.365 e. The molecule has 1 heterocycles. The van der Waals surface area contributed by atoms with Gasteiger partial charge in [-0.2, -0.15) is 0 Å². The van der Waals surface area contributed by atoms with Crippen LogP contribution in [0.25, 0.3) is 0 Å². The van der Waals surface area contributed by atoms with E-state index in [1.54, 1.807) is 11.9 Å². The van der Waals surface area contributed by atoms with E-state index in [-0.39, 0.29) is 11.7 Å². The molecule has 1 atom stereocenters. The normalized spacial score (nSPS) is 22.0. The van der Waals surface area contributed by atoms with Gasteiger partial charge in [-0.15, -0.1) is 0 Å². The maximum atomic E-state index is 13.8. The largest absolute Gasteiger partial charge is 0.365 e. The SMILES string of the molecule is CN=C(NCC1CC1)NC1CCN(c2c(F)cccc2F)C1. The fraction of sp³-hybridized carbons (Fsp3) is 0.562. The third kappa shape index (κ3) is 3.48. The molecule has 1 aromatic carbocycles. The summed E-state index contributed by atoms with van der Waals surface area (Å²) >= 11 is 0. The van der Waals surface area contributed by atoms with Crippen molar-refractivity contribution in [1.82, 2.24) is 10.6 Å². The molecule has 3 rings (SSSR count). The van der Waals surface area contributed by atoms with Gasteiger partial charge >= 0.3 is 0 Å². The molecule has 6 heteroatoms. The van der Waals surface area contributed by atoms with E-state index in [0.29, 0.717) is 13.1 Å². The van der Waals surface area contributed by atoms with Crippen molar-refractivity contribution in [3.8, 4) is 0 Å². The van der Waals surface area contributed by atoms with Gasteiger partial charge in [0.05, 0.1) is 0 Å². The van der Waals surface area contributed by atoms with E-state index in [1.165, 1.54) is 31.0 Å². The molecule has 1 unspecified atom stereocenters. The van der Waals surface area contributed by atoms with Gasteiger partial charge in [0.25, 0.3) is 0 Å². The molecule has 2 aliphatic rings. The maximum absolute atomic E-state index is 13.8. The zero-order valence-electron chi connectivity index (χ0n) is 12.8. The van der Waals surface area contributed by atoms with E-state index >= 15 is 0 Å². The van der Waals surface area contributed by atoms with Crippen LogP contribution in [0, 0.1) is 17.6 Å². The maximum Gasteiger partial charge on any atom is 0.191 e. The van der Waals surface area contributed by atoms with Crippen molar-refractivity contribution in [3.05, 3.63) is 29.8 Å². The summed E-state index contributed by atoms with van der Waals surface area (Å²) in [7, 11) is 1.74. The van der Waals surface area contributed by atoms with Crippen LogP contribution < -0.4 is 15.5 Å². The van der Waals surface area contributed by atoms with Crippen LogP contribution in [0.15, 0.2) is 23.2 Å². The Morgan fingerprint density at radius 3 is 2.64 bits per heavy atom. The van der Waals surface area contributed by atoms with Crippen molar-refractivity contribution >= 4 is 11.6 Å². The van der Waals surface area contributed by atoms with Crippen LogP contribution in [0.2, 0.25) is 0 Å². The number of nitrogens with one attached hydrogen (secondary N) is 2. The Hall–Kier alpha value is -1.85. The van der Waals surface area contributed by atoms with E-state index in [9.17, 15) is 8.78 Å². The molecule has 4 nitrogen and oxygen atoms in total. The Morgan fingerprint density at radius 2 is 2.00 bits per heavy atom. The van der Waals surface area contributed by atoms with Gasteiger partial charge < -0.3 is 15.5 Å². The fourth-order valence-electron chi connectivity index (χ4n) is 2.82. The van der Waals surface area contributed by atoms with Crippen molar-refractivity contribution in [3.63, 3.8) is 0 Å². The number of benzene rings is 1. The molecular formula is C16H22F2N4. The number of guanidine groups is 1. The smallest absolute Gasteiger partial charge is 0.191 e. The number of nitrogens with zero attached hydrogens (tertiary/aromatic N) is 2. The standard InChI is InChI=1S/C16H22F2N4/c1-19-16(20-9-11-5-6-11)21-12-7-8-22(10-12)15-13(17)3-2-4-14(15)18/h2-4,11-12H,5-10H2,1H3,(H2,19,20,21). The molecular weight excluding hydrogens is 286 g/mol. The first kappa shape index (κ1) is 15.1. The molecule has 2 fully saturated rings.